The Hall–Kier alpha value is -4.22. The number of hydrogen-bond donors (Lipinski definition) is 5. The van der Waals surface area contributed by atoms with E-state index in [0.29, 0.717) is 43.7 Å². The molecule has 4 heterocycles. The standard InChI is InChI=1S/C42H48N4O5/c1-2-3-4-7-31(47)23-32(48)11-8-27-9-15-38-39(20-27)51-41-35(42(18-19-50-38)16-5-6-17-42)13-14-37(49)33-12-10-28(40(43)44)21-29(33)22-30-24-45-36-26-46(41)25-34(30)36/h9-10,12,15,20-21,24-25,31,35,37,40-41,47,49H,2-8,11,16-17,22-23,26,43-44H2,1H3/p+1/t31-,35-,37+,41-/m1/s1. The number of ketones is 1. The summed E-state index contributed by atoms with van der Waals surface area (Å²) in [5, 5.41) is 22.0. The van der Waals surface area contributed by atoms with Gasteiger partial charge in [-0.2, -0.15) is 0 Å². The molecule has 2 aromatic rings. The van der Waals surface area contributed by atoms with Crippen LogP contribution in [0.3, 0.4) is 0 Å². The van der Waals surface area contributed by atoms with Crippen molar-refractivity contribution < 1.29 is 29.4 Å². The second kappa shape index (κ2) is 15.2. The topological polar surface area (TPSA) is 145 Å². The molecule has 9 heteroatoms. The Labute approximate surface area is 300 Å². The van der Waals surface area contributed by atoms with Crippen molar-refractivity contribution in [3.05, 3.63) is 82.2 Å². The number of carbonyl (C=O) groups excluding carboxylic acids is 1. The van der Waals surface area contributed by atoms with Crippen LogP contribution in [-0.4, -0.2) is 40.6 Å². The van der Waals surface area contributed by atoms with Crippen LogP contribution in [-0.2, 0) is 17.6 Å². The van der Waals surface area contributed by atoms with Crippen molar-refractivity contribution in [1.82, 2.24) is 0 Å². The third-order valence-electron chi connectivity index (χ3n) is 11.1. The molecular weight excluding hydrogens is 640 g/mol. The second-order valence-corrected chi connectivity index (χ2v) is 14.8. The fourth-order valence-electron chi connectivity index (χ4n) is 8.22. The van der Waals surface area contributed by atoms with Gasteiger partial charge in [0.2, 0.25) is 0 Å². The van der Waals surface area contributed by atoms with Gasteiger partial charge < -0.3 is 31.2 Å². The lowest BCUT2D eigenvalue weighted by molar-refractivity contribution is -0.888. The van der Waals surface area contributed by atoms with Gasteiger partial charge in [0.05, 0.1) is 23.3 Å². The summed E-state index contributed by atoms with van der Waals surface area (Å²) in [5.41, 5.74) is 18.1. The molecular formula is C42H49N4O5+. The van der Waals surface area contributed by atoms with Gasteiger partial charge in [0.1, 0.15) is 42.4 Å². The zero-order chi connectivity index (χ0) is 35.5. The number of allylic oxidation sites excluding steroid dienone is 1. The van der Waals surface area contributed by atoms with E-state index in [1.165, 1.54) is 0 Å². The van der Waals surface area contributed by atoms with E-state index in [9.17, 15) is 15.0 Å². The molecule has 7 N–H and O–H groups in total. The van der Waals surface area contributed by atoms with Gasteiger partial charge in [0.25, 0.3) is 6.23 Å². The third-order valence-corrected chi connectivity index (χ3v) is 11.1. The largest absolute Gasteiger partial charge is 0.437 e. The first-order valence-electron chi connectivity index (χ1n) is 18.6. The van der Waals surface area contributed by atoms with E-state index in [-0.39, 0.29) is 18.1 Å². The van der Waals surface area contributed by atoms with Crippen molar-refractivity contribution in [2.45, 2.75) is 109 Å². The van der Waals surface area contributed by atoms with Crippen molar-refractivity contribution in [2.24, 2.45) is 27.8 Å². The number of rotatable bonds is 10. The Morgan fingerprint density at radius 3 is 2.76 bits per heavy atom. The average Bonchev–Trinajstić information content (AvgIpc) is 3.86. The summed E-state index contributed by atoms with van der Waals surface area (Å²) < 4.78 is 13.2. The lowest BCUT2D eigenvalue weighted by atomic mass is 9.73. The molecule has 1 spiro atoms. The van der Waals surface area contributed by atoms with Gasteiger partial charge in [-0.05, 0) is 65.6 Å². The zero-order valence-corrected chi connectivity index (χ0v) is 29.4. The minimum Gasteiger partial charge on any atom is -0.437 e. The van der Waals surface area contributed by atoms with Gasteiger partial charge in [-0.3, -0.25) is 14.7 Å². The highest BCUT2D eigenvalue weighted by atomic mass is 16.5. The first-order valence-corrected chi connectivity index (χ1v) is 18.6. The summed E-state index contributed by atoms with van der Waals surface area (Å²) in [7, 11) is 0. The molecule has 0 aromatic heterocycles. The van der Waals surface area contributed by atoms with Gasteiger partial charge in [0.15, 0.2) is 11.5 Å². The molecule has 1 saturated carbocycles. The van der Waals surface area contributed by atoms with Crippen LogP contribution < -0.4 is 25.8 Å². The lowest BCUT2D eigenvalue weighted by Gasteiger charge is -2.36. The monoisotopic (exact) mass is 689 g/mol. The van der Waals surface area contributed by atoms with Crippen molar-refractivity contribution in [1.29, 1.82) is 0 Å². The van der Waals surface area contributed by atoms with Gasteiger partial charge in [-0.1, -0.05) is 81.1 Å². The van der Waals surface area contributed by atoms with Gasteiger partial charge in [-0.25, -0.2) is 0 Å². The smallest absolute Gasteiger partial charge is 0.252 e. The third kappa shape index (κ3) is 7.55. The Balaban J connectivity index is 1.23. The van der Waals surface area contributed by atoms with Crippen molar-refractivity contribution in [3.63, 3.8) is 0 Å². The molecule has 2 aromatic carbocycles. The highest BCUT2D eigenvalue weighted by Crippen LogP contribution is 2.47. The van der Waals surface area contributed by atoms with Crippen LogP contribution in [0.5, 0.6) is 11.5 Å². The van der Waals surface area contributed by atoms with Crippen molar-refractivity contribution in [3.8, 4) is 35.4 Å². The predicted octanol–water partition coefficient (Wildman–Crippen LogP) is 4.08. The molecule has 1 unspecified atom stereocenters. The van der Waals surface area contributed by atoms with Crippen LogP contribution >= 0.6 is 0 Å². The Bertz CT molecular complexity index is 1880. The molecule has 51 heavy (non-hydrogen) atoms. The molecule has 5 atom stereocenters. The van der Waals surface area contributed by atoms with E-state index in [0.717, 1.165) is 89.0 Å². The number of unbranched alkanes of at least 4 members (excludes halogenated alkanes) is 2. The predicted molar refractivity (Wildman–Crippen MR) is 195 cm³/mol. The van der Waals surface area contributed by atoms with E-state index in [1.54, 1.807) is 0 Å². The highest BCUT2D eigenvalue weighted by Gasteiger charge is 2.51. The second-order valence-electron chi connectivity index (χ2n) is 14.8. The number of ether oxygens (including phenoxy) is 2. The summed E-state index contributed by atoms with van der Waals surface area (Å²) >= 11 is 0. The number of nitrogens with zero attached hydrogens (tertiary/aromatic N) is 1. The van der Waals surface area contributed by atoms with Crippen LogP contribution in [0.1, 0.15) is 106 Å². The number of quaternary nitrogens is 1. The highest BCUT2D eigenvalue weighted by molar-refractivity contribution is 6.08. The number of aliphatic hydroxyl groups excluding tert-OH is 2. The molecule has 2 bridgehead atoms. The molecule has 266 valence electrons. The quantitative estimate of drug-likeness (QED) is 0.144. The maximum Gasteiger partial charge on any atom is 0.252 e. The Morgan fingerprint density at radius 2 is 1.96 bits per heavy atom. The summed E-state index contributed by atoms with van der Waals surface area (Å²) in [6.07, 6.45) is 13.5. The lowest BCUT2D eigenvalue weighted by Crippen LogP contribution is -3.13. The molecule has 7 rings (SSSR count). The molecule has 9 nitrogen and oxygen atoms in total. The van der Waals surface area contributed by atoms with Gasteiger partial charge >= 0.3 is 0 Å². The minimum atomic E-state index is -1.04. The number of nitrogens with one attached hydrogen (secondary N) is 1. The number of fused-ring (bicyclic) bond motifs is 6. The number of aryl methyl sites for hydroxylation is 1. The number of carbonyl (C=O) groups is 1. The maximum atomic E-state index is 12.8. The number of nitrogens with two attached hydrogens (primary N) is 2. The molecule has 0 radical (unpaired) electrons. The van der Waals surface area contributed by atoms with E-state index < -0.39 is 30.0 Å². The number of benzene rings is 2. The number of aliphatic hydroxyl groups is 2. The van der Waals surface area contributed by atoms with Crippen molar-refractivity contribution in [2.75, 3.05) is 6.54 Å². The van der Waals surface area contributed by atoms with E-state index in [2.05, 4.69) is 37.0 Å². The number of Topliss-reactive ketones (excluding diaryl/α,β-unsaturated/α-hetero) is 1. The summed E-state index contributed by atoms with van der Waals surface area (Å²) in [5.74, 6) is 11.0. The van der Waals surface area contributed by atoms with E-state index >= 15 is 0 Å². The first-order chi connectivity index (χ1) is 24.7. The molecule has 4 aliphatic heterocycles. The van der Waals surface area contributed by atoms with Crippen LogP contribution in [0.25, 0.3) is 0 Å². The maximum absolute atomic E-state index is 12.8. The first kappa shape index (κ1) is 35.2. The van der Waals surface area contributed by atoms with Crippen LogP contribution in [0.15, 0.2) is 64.9 Å². The molecule has 1 fully saturated rings. The van der Waals surface area contributed by atoms with Gasteiger partial charge in [-0.15, -0.1) is 0 Å². The van der Waals surface area contributed by atoms with Crippen LogP contribution in [0.2, 0.25) is 0 Å². The average molecular weight is 690 g/mol. The van der Waals surface area contributed by atoms with Crippen LogP contribution in [0, 0.1) is 35.2 Å². The summed E-state index contributed by atoms with van der Waals surface area (Å²) in [6, 6.07) is 11.5. The van der Waals surface area contributed by atoms with Gasteiger partial charge in [0, 0.05) is 25.5 Å². The fourth-order valence-corrected chi connectivity index (χ4v) is 8.22. The normalized spacial score (nSPS) is 24.5. The summed E-state index contributed by atoms with van der Waals surface area (Å²) in [4.78, 5) is 18.7. The summed E-state index contributed by atoms with van der Waals surface area (Å²) in [6.45, 7) is 2.75. The van der Waals surface area contributed by atoms with E-state index in [1.807, 2.05) is 42.6 Å². The van der Waals surface area contributed by atoms with Crippen molar-refractivity contribution >= 4 is 11.5 Å². The fraction of sp³-hybridized carbons (Fsp3) is 0.476. The Kier molecular flexibility index (Phi) is 10.5. The number of hydrogen-bond acceptors (Lipinski definition) is 8. The number of aliphatic imine (C=N–C) groups is 1. The molecule has 0 saturated heterocycles. The molecule has 5 aliphatic rings. The molecule has 1 aliphatic carbocycles. The SMILES string of the molecule is CCCCC[C@@H](O)CC(=O)CCc1ccc2c(c1)O[C@@H]1[C@@H](C#C[C@H](O)c3ccc(C(N)N)cc3CC3=CN=C4C[NH+]1C=C34)C1(C#CO2)CCCC1. The molecule has 0 amide bonds. The minimum absolute atomic E-state index is 0.0509. The van der Waals surface area contributed by atoms with E-state index in [4.69, 9.17) is 25.9 Å². The Morgan fingerprint density at radius 1 is 1.12 bits per heavy atom. The zero-order valence-electron chi connectivity index (χ0n) is 29.4. The van der Waals surface area contributed by atoms with Crippen LogP contribution in [0.4, 0.5) is 0 Å².